The standard InChI is InChI=1S/C19H19ClN2O2S/c1-3-24-11-10-22-16-9-8-13(2)12-17(16)25-19(22)21-18(23)14-6-4-5-7-15(14)20/h4-9,12H,3,10-11H2,1-2H3. The lowest BCUT2D eigenvalue weighted by Gasteiger charge is -2.05. The van der Waals surface area contributed by atoms with Gasteiger partial charge in [-0.05, 0) is 43.7 Å². The Bertz CT molecular complexity index is 975. The van der Waals surface area contributed by atoms with Crippen molar-refractivity contribution in [3.8, 4) is 0 Å². The average molecular weight is 375 g/mol. The quantitative estimate of drug-likeness (QED) is 0.619. The molecule has 4 nitrogen and oxygen atoms in total. The van der Waals surface area contributed by atoms with Gasteiger partial charge in [-0.1, -0.05) is 41.1 Å². The molecule has 1 aromatic heterocycles. The van der Waals surface area contributed by atoms with Crippen LogP contribution in [-0.2, 0) is 11.3 Å². The number of benzene rings is 2. The van der Waals surface area contributed by atoms with Crippen LogP contribution in [0, 0.1) is 6.92 Å². The SMILES string of the molecule is CCOCCn1c(=NC(=O)c2ccccc2Cl)sc2cc(C)ccc21. The van der Waals surface area contributed by atoms with Crippen LogP contribution in [0.4, 0.5) is 0 Å². The van der Waals surface area contributed by atoms with Crippen LogP contribution >= 0.6 is 22.9 Å². The first-order valence-corrected chi connectivity index (χ1v) is 9.31. The summed E-state index contributed by atoms with van der Waals surface area (Å²) in [5, 5.41) is 0.411. The Hall–Kier alpha value is -1.95. The van der Waals surface area contributed by atoms with Gasteiger partial charge in [0.2, 0.25) is 0 Å². The van der Waals surface area contributed by atoms with E-state index in [0.717, 1.165) is 10.2 Å². The lowest BCUT2D eigenvalue weighted by atomic mass is 10.2. The number of ether oxygens (including phenoxy) is 1. The molecule has 0 N–H and O–H groups in total. The maximum Gasteiger partial charge on any atom is 0.281 e. The van der Waals surface area contributed by atoms with E-state index < -0.39 is 0 Å². The third-order valence-electron chi connectivity index (χ3n) is 3.80. The maximum atomic E-state index is 12.6. The number of nitrogens with zero attached hydrogens (tertiary/aromatic N) is 2. The third kappa shape index (κ3) is 4.00. The fourth-order valence-electron chi connectivity index (χ4n) is 2.56. The van der Waals surface area contributed by atoms with Crippen LogP contribution < -0.4 is 4.80 Å². The Balaban J connectivity index is 2.08. The number of amides is 1. The number of carbonyl (C=O) groups is 1. The van der Waals surface area contributed by atoms with Gasteiger partial charge in [0.15, 0.2) is 4.80 Å². The van der Waals surface area contributed by atoms with Gasteiger partial charge in [-0.3, -0.25) is 4.79 Å². The van der Waals surface area contributed by atoms with Crippen molar-refractivity contribution in [1.29, 1.82) is 0 Å². The van der Waals surface area contributed by atoms with Crippen molar-refractivity contribution in [2.45, 2.75) is 20.4 Å². The molecule has 0 fully saturated rings. The molecule has 0 aliphatic carbocycles. The van der Waals surface area contributed by atoms with E-state index >= 15 is 0 Å². The van der Waals surface area contributed by atoms with Gasteiger partial charge in [-0.2, -0.15) is 4.99 Å². The Labute approximate surface area is 155 Å². The fourth-order valence-corrected chi connectivity index (χ4v) is 3.93. The number of carbonyl (C=O) groups excluding carboxylic acids is 1. The fraction of sp³-hybridized carbons (Fsp3) is 0.263. The van der Waals surface area contributed by atoms with Gasteiger partial charge in [-0.25, -0.2) is 0 Å². The molecule has 0 spiro atoms. The zero-order valence-corrected chi connectivity index (χ0v) is 15.7. The van der Waals surface area contributed by atoms with E-state index in [4.69, 9.17) is 16.3 Å². The molecule has 6 heteroatoms. The van der Waals surface area contributed by atoms with Gasteiger partial charge in [0.25, 0.3) is 5.91 Å². The van der Waals surface area contributed by atoms with Gasteiger partial charge >= 0.3 is 0 Å². The number of thiazole rings is 1. The molecule has 3 rings (SSSR count). The summed E-state index contributed by atoms with van der Waals surface area (Å²) < 4.78 is 8.61. The van der Waals surface area contributed by atoms with Gasteiger partial charge in [0.1, 0.15) is 0 Å². The van der Waals surface area contributed by atoms with Crippen molar-refractivity contribution in [3.05, 3.63) is 63.4 Å². The first-order chi connectivity index (χ1) is 12.1. The molecule has 3 aromatic rings. The number of aromatic nitrogens is 1. The van der Waals surface area contributed by atoms with Crippen molar-refractivity contribution in [2.75, 3.05) is 13.2 Å². The van der Waals surface area contributed by atoms with E-state index in [9.17, 15) is 4.79 Å². The predicted octanol–water partition coefficient (Wildman–Crippen LogP) is 4.44. The van der Waals surface area contributed by atoms with Gasteiger partial charge < -0.3 is 9.30 Å². The molecule has 0 unspecified atom stereocenters. The second-order valence-corrected chi connectivity index (χ2v) is 7.02. The predicted molar refractivity (Wildman–Crippen MR) is 102 cm³/mol. The number of aryl methyl sites for hydroxylation is 1. The van der Waals surface area contributed by atoms with E-state index in [0.29, 0.717) is 35.1 Å². The summed E-state index contributed by atoms with van der Waals surface area (Å²) in [5.74, 6) is -0.334. The smallest absolute Gasteiger partial charge is 0.281 e. The molecule has 0 bridgehead atoms. The second-order valence-electron chi connectivity index (χ2n) is 5.60. The first-order valence-electron chi connectivity index (χ1n) is 8.11. The van der Waals surface area contributed by atoms with Crippen molar-refractivity contribution in [2.24, 2.45) is 4.99 Å². The van der Waals surface area contributed by atoms with Crippen LogP contribution in [0.1, 0.15) is 22.8 Å². The minimum Gasteiger partial charge on any atom is -0.380 e. The summed E-state index contributed by atoms with van der Waals surface area (Å²) in [4.78, 5) is 17.6. The summed E-state index contributed by atoms with van der Waals surface area (Å²) >= 11 is 7.62. The van der Waals surface area contributed by atoms with Gasteiger partial charge in [0.05, 0.1) is 27.4 Å². The molecule has 0 aliphatic heterocycles. The molecule has 25 heavy (non-hydrogen) atoms. The monoisotopic (exact) mass is 374 g/mol. The van der Waals surface area contributed by atoms with Crippen LogP contribution in [0.25, 0.3) is 10.2 Å². The van der Waals surface area contributed by atoms with Crippen molar-refractivity contribution in [1.82, 2.24) is 4.57 Å². The number of hydrogen-bond donors (Lipinski definition) is 0. The maximum absolute atomic E-state index is 12.6. The Morgan fingerprint density at radius 1 is 1.28 bits per heavy atom. The van der Waals surface area contributed by atoms with Crippen LogP contribution in [0.2, 0.25) is 5.02 Å². The highest BCUT2D eigenvalue weighted by Crippen LogP contribution is 2.20. The molecular weight excluding hydrogens is 356 g/mol. The Kier molecular flexibility index (Phi) is 5.68. The topological polar surface area (TPSA) is 43.6 Å². The third-order valence-corrected chi connectivity index (χ3v) is 5.17. The number of halogens is 1. The summed E-state index contributed by atoms with van der Waals surface area (Å²) in [6.07, 6.45) is 0. The zero-order chi connectivity index (χ0) is 17.8. The van der Waals surface area contributed by atoms with E-state index in [-0.39, 0.29) is 5.91 Å². The molecule has 0 aliphatic rings. The molecular formula is C19H19ClN2O2S. The minimum atomic E-state index is -0.334. The zero-order valence-electron chi connectivity index (χ0n) is 14.2. The largest absolute Gasteiger partial charge is 0.380 e. The molecule has 0 saturated heterocycles. The van der Waals surface area contributed by atoms with Crippen LogP contribution in [0.3, 0.4) is 0 Å². The normalized spacial score (nSPS) is 12.0. The lowest BCUT2D eigenvalue weighted by molar-refractivity contribution is 0.0997. The van der Waals surface area contributed by atoms with Gasteiger partial charge in [-0.15, -0.1) is 0 Å². The highest BCUT2D eigenvalue weighted by molar-refractivity contribution is 7.16. The van der Waals surface area contributed by atoms with Gasteiger partial charge in [0, 0.05) is 13.2 Å². The van der Waals surface area contributed by atoms with Crippen molar-refractivity contribution < 1.29 is 9.53 Å². The van der Waals surface area contributed by atoms with E-state index in [1.54, 1.807) is 24.3 Å². The second kappa shape index (κ2) is 7.95. The van der Waals surface area contributed by atoms with Crippen molar-refractivity contribution in [3.63, 3.8) is 0 Å². The summed E-state index contributed by atoms with van der Waals surface area (Å²) in [6, 6.07) is 13.2. The number of hydrogen-bond acceptors (Lipinski definition) is 3. The molecule has 1 amide bonds. The molecule has 130 valence electrons. The molecule has 2 aromatic carbocycles. The molecule has 0 atom stereocenters. The average Bonchev–Trinajstić information content (AvgIpc) is 2.92. The summed E-state index contributed by atoms with van der Waals surface area (Å²) in [7, 11) is 0. The highest BCUT2D eigenvalue weighted by atomic mass is 35.5. The van der Waals surface area contributed by atoms with E-state index in [1.165, 1.54) is 16.9 Å². The molecule has 0 radical (unpaired) electrons. The first kappa shape index (κ1) is 17.9. The highest BCUT2D eigenvalue weighted by Gasteiger charge is 2.11. The Morgan fingerprint density at radius 3 is 2.84 bits per heavy atom. The van der Waals surface area contributed by atoms with E-state index in [2.05, 4.69) is 30.1 Å². The van der Waals surface area contributed by atoms with Crippen molar-refractivity contribution >= 4 is 39.1 Å². The summed E-state index contributed by atoms with van der Waals surface area (Å²) in [6.45, 7) is 5.89. The van der Waals surface area contributed by atoms with E-state index in [1.807, 2.05) is 11.5 Å². The lowest BCUT2D eigenvalue weighted by Crippen LogP contribution is -2.19. The Morgan fingerprint density at radius 2 is 2.08 bits per heavy atom. The van der Waals surface area contributed by atoms with Crippen LogP contribution in [0.15, 0.2) is 47.5 Å². The number of rotatable bonds is 5. The molecule has 1 heterocycles. The minimum absolute atomic E-state index is 0.334. The number of fused-ring (bicyclic) bond motifs is 1. The van der Waals surface area contributed by atoms with Crippen LogP contribution in [0.5, 0.6) is 0 Å². The molecule has 0 saturated carbocycles. The summed E-state index contributed by atoms with van der Waals surface area (Å²) in [5.41, 5.74) is 2.64. The van der Waals surface area contributed by atoms with Crippen LogP contribution in [-0.4, -0.2) is 23.7 Å².